The third-order valence-corrected chi connectivity index (χ3v) is 6.60. The SMILES string of the molecule is CN=C(NCCCc1nnc(SC)n1C1CCCC1)NCC(C)(C)c1ccccc1. The first kappa shape index (κ1) is 22.7. The molecule has 0 amide bonds. The fourth-order valence-corrected chi connectivity index (χ4v) is 4.69. The van der Waals surface area contributed by atoms with Crippen LogP contribution in [0.4, 0.5) is 0 Å². The number of aromatic nitrogens is 3. The van der Waals surface area contributed by atoms with Gasteiger partial charge in [-0.05, 0) is 31.1 Å². The van der Waals surface area contributed by atoms with E-state index in [0.717, 1.165) is 42.9 Å². The fourth-order valence-electron chi connectivity index (χ4n) is 4.12. The van der Waals surface area contributed by atoms with E-state index in [4.69, 9.17) is 0 Å². The lowest BCUT2D eigenvalue weighted by Crippen LogP contribution is -2.43. The van der Waals surface area contributed by atoms with Gasteiger partial charge in [-0.1, -0.05) is 68.8 Å². The zero-order chi connectivity index (χ0) is 21.4. The molecule has 0 spiro atoms. The van der Waals surface area contributed by atoms with Gasteiger partial charge in [0.05, 0.1) is 0 Å². The van der Waals surface area contributed by atoms with Crippen LogP contribution in [0.25, 0.3) is 0 Å². The van der Waals surface area contributed by atoms with Crippen molar-refractivity contribution < 1.29 is 0 Å². The second kappa shape index (κ2) is 10.8. The van der Waals surface area contributed by atoms with Gasteiger partial charge in [0, 0.05) is 38.0 Å². The Morgan fingerprint density at radius 3 is 2.57 bits per heavy atom. The number of guanidine groups is 1. The van der Waals surface area contributed by atoms with Crippen LogP contribution in [0.5, 0.6) is 0 Å². The summed E-state index contributed by atoms with van der Waals surface area (Å²) in [6, 6.07) is 11.2. The van der Waals surface area contributed by atoms with Crippen molar-refractivity contribution in [3.8, 4) is 0 Å². The minimum atomic E-state index is 0.0325. The summed E-state index contributed by atoms with van der Waals surface area (Å²) in [6.07, 6.45) is 9.17. The highest BCUT2D eigenvalue weighted by atomic mass is 32.2. The van der Waals surface area contributed by atoms with E-state index in [9.17, 15) is 0 Å². The fraction of sp³-hybridized carbons (Fsp3) is 0.609. The van der Waals surface area contributed by atoms with Crippen LogP contribution in [0.1, 0.15) is 63.4 Å². The quantitative estimate of drug-likeness (QED) is 0.271. The number of rotatable bonds is 9. The van der Waals surface area contributed by atoms with E-state index in [1.54, 1.807) is 11.8 Å². The van der Waals surface area contributed by atoms with Crippen molar-refractivity contribution in [3.05, 3.63) is 41.7 Å². The van der Waals surface area contributed by atoms with Crippen molar-refractivity contribution >= 4 is 17.7 Å². The minimum Gasteiger partial charge on any atom is -0.356 e. The normalized spacial score (nSPS) is 15.5. The summed E-state index contributed by atoms with van der Waals surface area (Å²) in [6.45, 7) is 6.19. The zero-order valence-electron chi connectivity index (χ0n) is 18.8. The Morgan fingerprint density at radius 2 is 1.90 bits per heavy atom. The van der Waals surface area contributed by atoms with Gasteiger partial charge in [0.2, 0.25) is 0 Å². The highest BCUT2D eigenvalue weighted by molar-refractivity contribution is 7.98. The standard InChI is InChI=1S/C23H36N6S/c1-23(2,18-11-6-5-7-12-18)17-26-21(24-3)25-16-10-15-20-27-28-22(30-4)29(20)19-13-8-9-14-19/h5-7,11-12,19H,8-10,13-17H2,1-4H3,(H2,24,25,26). The van der Waals surface area contributed by atoms with Gasteiger partial charge < -0.3 is 15.2 Å². The molecule has 0 saturated heterocycles. The number of thioether (sulfide) groups is 1. The Morgan fingerprint density at radius 1 is 1.17 bits per heavy atom. The molecular weight excluding hydrogens is 392 g/mol. The van der Waals surface area contributed by atoms with Gasteiger partial charge in [-0.3, -0.25) is 4.99 Å². The highest BCUT2D eigenvalue weighted by Gasteiger charge is 2.23. The largest absolute Gasteiger partial charge is 0.356 e. The molecule has 0 atom stereocenters. The van der Waals surface area contributed by atoms with Crippen molar-refractivity contribution in [1.29, 1.82) is 0 Å². The molecule has 2 N–H and O–H groups in total. The number of benzene rings is 1. The molecule has 1 fully saturated rings. The maximum atomic E-state index is 4.49. The first-order valence-electron chi connectivity index (χ1n) is 11.0. The van der Waals surface area contributed by atoms with E-state index in [1.807, 2.05) is 7.05 Å². The number of nitrogens with one attached hydrogen (secondary N) is 2. The molecule has 1 heterocycles. The monoisotopic (exact) mass is 428 g/mol. The van der Waals surface area contributed by atoms with Crippen LogP contribution in [-0.2, 0) is 11.8 Å². The second-order valence-electron chi connectivity index (χ2n) is 8.62. The van der Waals surface area contributed by atoms with Crippen LogP contribution in [0, 0.1) is 0 Å². The molecule has 6 nitrogen and oxygen atoms in total. The number of aliphatic imine (C=N–C) groups is 1. The van der Waals surface area contributed by atoms with Crippen molar-refractivity contribution in [1.82, 2.24) is 25.4 Å². The average Bonchev–Trinajstić information content (AvgIpc) is 3.43. The second-order valence-corrected chi connectivity index (χ2v) is 9.39. The molecule has 0 unspecified atom stereocenters. The summed E-state index contributed by atoms with van der Waals surface area (Å²) in [4.78, 5) is 4.39. The molecular formula is C23H36N6S. The smallest absolute Gasteiger partial charge is 0.191 e. The van der Waals surface area contributed by atoms with E-state index in [2.05, 4.69) is 80.8 Å². The maximum Gasteiger partial charge on any atom is 0.191 e. The average molecular weight is 429 g/mol. The topological polar surface area (TPSA) is 67.1 Å². The molecule has 1 saturated carbocycles. The molecule has 1 aliphatic rings. The van der Waals surface area contributed by atoms with E-state index < -0.39 is 0 Å². The van der Waals surface area contributed by atoms with Gasteiger partial charge in [0.25, 0.3) is 0 Å². The summed E-state index contributed by atoms with van der Waals surface area (Å²) in [5, 5.41) is 16.9. The van der Waals surface area contributed by atoms with Crippen molar-refractivity contribution in [2.24, 2.45) is 4.99 Å². The van der Waals surface area contributed by atoms with Gasteiger partial charge in [0.15, 0.2) is 11.1 Å². The lowest BCUT2D eigenvalue weighted by molar-refractivity contribution is 0.460. The molecule has 0 bridgehead atoms. The Labute approximate surface area is 185 Å². The van der Waals surface area contributed by atoms with Crippen LogP contribution in [-0.4, -0.2) is 47.1 Å². The van der Waals surface area contributed by atoms with Crippen LogP contribution in [0.15, 0.2) is 40.5 Å². The van der Waals surface area contributed by atoms with Crippen molar-refractivity contribution in [3.63, 3.8) is 0 Å². The lowest BCUT2D eigenvalue weighted by Gasteiger charge is -2.26. The summed E-state index contributed by atoms with van der Waals surface area (Å²) in [7, 11) is 1.83. The summed E-state index contributed by atoms with van der Waals surface area (Å²) in [5.41, 5.74) is 1.36. The van der Waals surface area contributed by atoms with E-state index in [1.165, 1.54) is 31.2 Å². The van der Waals surface area contributed by atoms with Crippen molar-refractivity contribution in [2.75, 3.05) is 26.4 Å². The predicted molar refractivity (Wildman–Crippen MR) is 126 cm³/mol. The Balaban J connectivity index is 1.47. The predicted octanol–water partition coefficient (Wildman–Crippen LogP) is 4.19. The van der Waals surface area contributed by atoms with Gasteiger partial charge >= 0.3 is 0 Å². The molecule has 1 aliphatic carbocycles. The Bertz CT molecular complexity index is 808. The maximum absolute atomic E-state index is 4.49. The third kappa shape index (κ3) is 5.78. The zero-order valence-corrected chi connectivity index (χ0v) is 19.6. The number of hydrogen-bond acceptors (Lipinski definition) is 4. The number of hydrogen-bond donors (Lipinski definition) is 2. The van der Waals surface area contributed by atoms with Gasteiger partial charge in [-0.15, -0.1) is 10.2 Å². The Hall–Kier alpha value is -2.02. The molecule has 1 aromatic heterocycles. The molecule has 1 aromatic carbocycles. The molecule has 164 valence electrons. The highest BCUT2D eigenvalue weighted by Crippen LogP contribution is 2.33. The molecule has 30 heavy (non-hydrogen) atoms. The van der Waals surface area contributed by atoms with E-state index >= 15 is 0 Å². The minimum absolute atomic E-state index is 0.0325. The first-order valence-corrected chi connectivity index (χ1v) is 12.3. The van der Waals surface area contributed by atoms with Crippen LogP contribution < -0.4 is 10.6 Å². The van der Waals surface area contributed by atoms with E-state index in [-0.39, 0.29) is 5.41 Å². The van der Waals surface area contributed by atoms with Gasteiger partial charge in [0.1, 0.15) is 5.82 Å². The number of aryl methyl sites for hydroxylation is 1. The summed E-state index contributed by atoms with van der Waals surface area (Å²) in [5.74, 6) is 1.97. The van der Waals surface area contributed by atoms with Crippen molar-refractivity contribution in [2.45, 2.75) is 69.0 Å². The molecule has 2 aromatic rings. The van der Waals surface area contributed by atoms with Crippen LogP contribution >= 0.6 is 11.8 Å². The summed E-state index contributed by atoms with van der Waals surface area (Å²) < 4.78 is 2.40. The molecule has 3 rings (SSSR count). The number of nitrogens with zero attached hydrogens (tertiary/aromatic N) is 4. The van der Waals surface area contributed by atoms with E-state index in [0.29, 0.717) is 6.04 Å². The third-order valence-electron chi connectivity index (χ3n) is 5.95. The Kier molecular flexibility index (Phi) is 8.19. The molecule has 0 aliphatic heterocycles. The van der Waals surface area contributed by atoms with Gasteiger partial charge in [-0.25, -0.2) is 0 Å². The van der Waals surface area contributed by atoms with Gasteiger partial charge in [-0.2, -0.15) is 0 Å². The van der Waals surface area contributed by atoms with Crippen LogP contribution in [0.2, 0.25) is 0 Å². The molecule has 7 heteroatoms. The van der Waals surface area contributed by atoms with Crippen LogP contribution in [0.3, 0.4) is 0 Å². The first-order chi connectivity index (χ1) is 14.5. The molecule has 0 radical (unpaired) electrons. The lowest BCUT2D eigenvalue weighted by atomic mass is 9.85. The summed E-state index contributed by atoms with van der Waals surface area (Å²) >= 11 is 1.70.